The minimum atomic E-state index is -0.366. The Kier molecular flexibility index (Phi) is 17.4. The van der Waals surface area contributed by atoms with E-state index in [2.05, 4.69) is 379 Å². The number of nitrogens with zero attached hydrogens (tertiary/aromatic N) is 4. The summed E-state index contributed by atoms with van der Waals surface area (Å²) >= 11 is 0. The van der Waals surface area contributed by atoms with Gasteiger partial charge in [0.25, 0.3) is 6.71 Å². The van der Waals surface area contributed by atoms with Crippen molar-refractivity contribution in [1.82, 2.24) is 0 Å². The van der Waals surface area contributed by atoms with Gasteiger partial charge in [-0.1, -0.05) is 322 Å². The molecule has 0 aliphatic carbocycles. The fourth-order valence-electron chi connectivity index (χ4n) is 15.6. The summed E-state index contributed by atoms with van der Waals surface area (Å²) in [5, 5.41) is 10.2. The molecule has 0 fully saturated rings. The van der Waals surface area contributed by atoms with E-state index >= 15 is 0 Å². The van der Waals surface area contributed by atoms with E-state index in [1.807, 2.05) is 24.3 Å². The second kappa shape index (κ2) is 26.3. The zero-order valence-electron chi connectivity index (χ0n) is 63.4. The van der Waals surface area contributed by atoms with Crippen molar-refractivity contribution in [2.45, 2.75) is 131 Å². The molecule has 2 aliphatic rings. The number of fused-ring (bicyclic) bond motifs is 4. The number of benzene rings is 13. The topological polar surface area (TPSA) is 34.6 Å². The maximum absolute atomic E-state index is 10.2. The Morgan fingerprint density at radius 2 is 0.590 bits per heavy atom. The molecule has 0 N–H and O–H groups in total. The minimum Gasteiger partial charge on any atom is -0.310 e. The fraction of sp³-hybridized carbons (Fsp3) is 0.200. The van der Waals surface area contributed by atoms with Crippen molar-refractivity contribution < 1.29 is 0 Å². The number of hydrogen-bond acceptors (Lipinski definition) is 3. The van der Waals surface area contributed by atoms with Crippen LogP contribution in [0.3, 0.4) is 0 Å². The van der Waals surface area contributed by atoms with Crippen molar-refractivity contribution in [2.24, 2.45) is 0 Å². The van der Waals surface area contributed by atoms with Crippen molar-refractivity contribution in [1.29, 1.82) is 5.26 Å². The molecule has 0 radical (unpaired) electrons. The summed E-state index contributed by atoms with van der Waals surface area (Å²) < 4.78 is 0. The highest BCUT2D eigenvalue weighted by atomic mass is 15.2. The van der Waals surface area contributed by atoms with E-state index in [1.54, 1.807) is 0 Å². The van der Waals surface area contributed by atoms with Crippen LogP contribution in [0, 0.1) is 17.9 Å². The first kappa shape index (κ1) is 69.2. The van der Waals surface area contributed by atoms with Crippen LogP contribution in [0.25, 0.3) is 93.9 Å². The predicted octanol–water partition coefficient (Wildman–Crippen LogP) is 26.0. The summed E-state index contributed by atoms with van der Waals surface area (Å²) in [5.41, 5.74) is 34.1. The van der Waals surface area contributed by atoms with E-state index in [1.165, 1.54) is 44.2 Å². The zero-order chi connectivity index (χ0) is 73.6. The summed E-state index contributed by atoms with van der Waals surface area (Å²) in [4.78, 5) is 9.25. The van der Waals surface area contributed by atoms with Crippen molar-refractivity contribution >= 4 is 62.9 Å². The smallest absolute Gasteiger partial charge is 0.252 e. The molecule has 2 aliphatic heterocycles. The Labute approximate surface area is 623 Å². The molecule has 0 unspecified atom stereocenters. The Balaban J connectivity index is 1.16. The normalized spacial score (nSPS) is 12.8. The number of anilines is 6. The van der Waals surface area contributed by atoms with Crippen LogP contribution in [-0.4, -0.2) is 6.71 Å². The molecular weight excluding hydrogens is 1270 g/mol. The average molecular weight is 1360 g/mol. The van der Waals surface area contributed by atoms with Crippen molar-refractivity contribution in [3.8, 4) is 95.1 Å². The summed E-state index contributed by atoms with van der Waals surface area (Å²) in [6.07, 6.45) is 0. The summed E-state index contributed by atoms with van der Waals surface area (Å²) in [5.74, 6) is 0. The first-order valence-corrected chi connectivity index (χ1v) is 37.1. The molecule has 514 valence electrons. The number of rotatable bonds is 10. The Morgan fingerprint density at radius 3 is 0.905 bits per heavy atom. The third-order valence-electron chi connectivity index (χ3n) is 21.6. The maximum atomic E-state index is 10.2. The zero-order valence-corrected chi connectivity index (χ0v) is 63.4. The molecule has 0 aromatic heterocycles. The highest BCUT2D eigenvalue weighted by Gasteiger charge is 2.47. The van der Waals surface area contributed by atoms with Gasteiger partial charge in [-0.15, -0.1) is 0 Å². The lowest BCUT2D eigenvalue weighted by Gasteiger charge is -2.46. The summed E-state index contributed by atoms with van der Waals surface area (Å²) in [6, 6.07) is 107. The van der Waals surface area contributed by atoms with Crippen LogP contribution < -0.4 is 26.2 Å². The lowest BCUT2D eigenvalue weighted by Crippen LogP contribution is -2.61. The molecule has 15 rings (SSSR count). The van der Waals surface area contributed by atoms with Gasteiger partial charge in [-0.25, -0.2) is 4.85 Å². The number of nitriles is 1. The van der Waals surface area contributed by atoms with Crippen LogP contribution in [0.5, 0.6) is 0 Å². The van der Waals surface area contributed by atoms with E-state index in [4.69, 9.17) is 6.57 Å². The predicted molar refractivity (Wildman–Crippen MR) is 448 cm³/mol. The SMILES string of the molecule is [C-]#[N+]c1ccc(-c2cc(-c3cccc(C(C)(C)C)c3)c(N3c4ccc(-c5ccccc5)cc4B4c5cc(-c6ccccc6)ccc5N(c5c(-c6cccc(C(C)(C)C)c6)cc(-c6ccc(C#N)cc6)cc5-c5cccc(C(C)(C)C)c5)c5cc(C(C)(C)C)cc3c54)c(-c3cccc(C(C)(C)C)c3)c2)cc1. The van der Waals surface area contributed by atoms with Gasteiger partial charge in [0.1, 0.15) is 0 Å². The number of hydrogen-bond donors (Lipinski definition) is 0. The summed E-state index contributed by atoms with van der Waals surface area (Å²) in [6.45, 7) is 42.6. The minimum absolute atomic E-state index is 0.165. The molecule has 4 nitrogen and oxygen atoms in total. The average Bonchev–Trinajstić information content (AvgIpc) is 0.685. The van der Waals surface area contributed by atoms with Gasteiger partial charge >= 0.3 is 0 Å². The van der Waals surface area contributed by atoms with Crippen LogP contribution in [0.1, 0.15) is 137 Å². The monoisotopic (exact) mass is 1360 g/mol. The first-order chi connectivity index (χ1) is 50.1. The largest absolute Gasteiger partial charge is 0.310 e. The molecule has 0 amide bonds. The molecule has 0 saturated heterocycles. The Hall–Kier alpha value is -11.5. The molecule has 0 spiro atoms. The van der Waals surface area contributed by atoms with E-state index in [9.17, 15) is 5.26 Å². The molecule has 2 heterocycles. The van der Waals surface area contributed by atoms with E-state index in [0.29, 0.717) is 11.3 Å². The van der Waals surface area contributed by atoms with E-state index in [0.717, 1.165) is 123 Å². The third-order valence-corrected chi connectivity index (χ3v) is 21.6. The highest BCUT2D eigenvalue weighted by Crippen LogP contribution is 2.56. The van der Waals surface area contributed by atoms with Gasteiger partial charge in [-0.3, -0.25) is 0 Å². The van der Waals surface area contributed by atoms with Crippen LogP contribution in [0.15, 0.2) is 279 Å². The lowest BCUT2D eigenvalue weighted by atomic mass is 9.33. The van der Waals surface area contributed by atoms with Gasteiger partial charge in [-0.2, -0.15) is 5.26 Å². The van der Waals surface area contributed by atoms with Crippen molar-refractivity contribution in [3.63, 3.8) is 0 Å². The van der Waals surface area contributed by atoms with E-state index in [-0.39, 0.29) is 33.8 Å². The molecular formula is C100H91BN4. The highest BCUT2D eigenvalue weighted by molar-refractivity contribution is 7.00. The van der Waals surface area contributed by atoms with Gasteiger partial charge in [0, 0.05) is 45.0 Å². The van der Waals surface area contributed by atoms with Crippen molar-refractivity contribution in [2.75, 3.05) is 9.80 Å². The van der Waals surface area contributed by atoms with Gasteiger partial charge in [-0.05, 0) is 199 Å². The van der Waals surface area contributed by atoms with Crippen LogP contribution in [0.2, 0.25) is 0 Å². The molecule has 0 bridgehead atoms. The second-order valence-corrected chi connectivity index (χ2v) is 34.1. The van der Waals surface area contributed by atoms with Crippen LogP contribution in [0.4, 0.5) is 39.8 Å². The molecule has 0 saturated carbocycles. The molecule has 105 heavy (non-hydrogen) atoms. The quantitative estimate of drug-likeness (QED) is 0.101. The lowest BCUT2D eigenvalue weighted by molar-refractivity contribution is 0.590. The Bertz CT molecular complexity index is 5140. The molecule has 13 aromatic rings. The molecule has 13 aromatic carbocycles. The van der Waals surface area contributed by atoms with E-state index < -0.39 is 0 Å². The molecule has 0 atom stereocenters. The third kappa shape index (κ3) is 13.1. The first-order valence-electron chi connectivity index (χ1n) is 37.1. The van der Waals surface area contributed by atoms with Crippen LogP contribution >= 0.6 is 0 Å². The Morgan fingerprint density at radius 1 is 0.286 bits per heavy atom. The van der Waals surface area contributed by atoms with Crippen LogP contribution in [-0.2, 0) is 27.1 Å². The standard InChI is InChI=1S/C100H91BN4/c1-96(2,3)77-35-23-31-71(51-77)83-55-75(67-41-39-64(63-102)40-42-67)56-84(72-32-24-36-78(52-72)97(4,5)6)94(83)104-89-49-45-69(65-27-19-17-20-28-65)59-87(89)101-88-60-70(66-29-21-18-22-30-66)46-50-90(88)105(92-62-81(100(13,14)15)61-91(104)93(92)101)95-85(73-33-25-37-79(53-73)98(7,8)9)57-76(68-43-47-82(103-16)48-44-68)58-86(95)74-34-26-38-80(54-74)99(10,11)12/h17-62H,1-15H3. The van der Waals surface area contributed by atoms with Gasteiger partial charge < -0.3 is 9.80 Å². The maximum Gasteiger partial charge on any atom is 0.252 e. The van der Waals surface area contributed by atoms with Gasteiger partial charge in [0.05, 0.1) is 29.6 Å². The second-order valence-electron chi connectivity index (χ2n) is 34.1. The van der Waals surface area contributed by atoms with Gasteiger partial charge in [0.2, 0.25) is 0 Å². The molecule has 5 heteroatoms. The summed E-state index contributed by atoms with van der Waals surface area (Å²) in [7, 11) is 0. The fourth-order valence-corrected chi connectivity index (χ4v) is 15.6. The van der Waals surface area contributed by atoms with Gasteiger partial charge in [0.15, 0.2) is 5.69 Å². The van der Waals surface area contributed by atoms with Crippen molar-refractivity contribution in [3.05, 3.63) is 324 Å².